The number of fused-ring (bicyclic) bond motifs is 5. The first kappa shape index (κ1) is 19.8. The van der Waals surface area contributed by atoms with E-state index in [1.807, 2.05) is 12.1 Å². The molecule has 2 heterocycles. The van der Waals surface area contributed by atoms with Crippen molar-refractivity contribution in [3.63, 3.8) is 0 Å². The lowest BCUT2D eigenvalue weighted by Crippen LogP contribution is -2.42. The van der Waals surface area contributed by atoms with Crippen molar-refractivity contribution in [3.8, 4) is 11.3 Å². The second-order valence-corrected chi connectivity index (χ2v) is 7.60. The molecular weight excluding hydrogens is 366 g/mol. The van der Waals surface area contributed by atoms with Gasteiger partial charge >= 0.3 is 0 Å². The van der Waals surface area contributed by atoms with Crippen LogP contribution in [-0.4, -0.2) is 40.8 Å². The van der Waals surface area contributed by atoms with Crippen LogP contribution in [0, 0.1) is 5.92 Å². The maximum absolute atomic E-state index is 12.7. The molecule has 1 aromatic carbocycles. The molecule has 1 aromatic heterocycles. The summed E-state index contributed by atoms with van der Waals surface area (Å²) < 4.78 is 6.11. The number of Topliss-reactive ketones (excluding diaryl/α,β-unsaturated/α-hetero) is 2. The van der Waals surface area contributed by atoms with Crippen molar-refractivity contribution in [2.24, 2.45) is 5.92 Å². The number of hydrogen-bond donors (Lipinski definition) is 1. The van der Waals surface area contributed by atoms with Crippen molar-refractivity contribution in [2.45, 2.75) is 39.3 Å². The molecule has 2 aromatic rings. The van der Waals surface area contributed by atoms with Gasteiger partial charge in [-0.15, -0.1) is 12.4 Å². The lowest BCUT2D eigenvalue weighted by molar-refractivity contribution is 0.0812. The number of rotatable bonds is 4. The Hall–Kier alpha value is -1.95. The molecule has 0 amide bonds. The molecule has 4 rings (SSSR count). The Balaban J connectivity index is 0.00000210. The van der Waals surface area contributed by atoms with Crippen molar-refractivity contribution in [1.82, 2.24) is 4.90 Å². The summed E-state index contributed by atoms with van der Waals surface area (Å²) >= 11 is 0. The van der Waals surface area contributed by atoms with Gasteiger partial charge in [0, 0.05) is 29.3 Å². The largest absolute Gasteiger partial charge is 0.459 e. The summed E-state index contributed by atoms with van der Waals surface area (Å²) in [5.74, 6) is 0.859. The molecule has 1 N–H and O–H groups in total. The number of benzene rings is 1. The SMILES string of the molecule is CC(C)C[C@@H](CO)N1CCc2c(oc3c2C(=O)C(=O)c2ccccc2-3)C1.Cl. The number of carbonyl (C=O) groups is 2. The van der Waals surface area contributed by atoms with Crippen molar-refractivity contribution in [1.29, 1.82) is 0 Å². The second-order valence-electron chi connectivity index (χ2n) is 7.60. The summed E-state index contributed by atoms with van der Waals surface area (Å²) in [7, 11) is 0. The lowest BCUT2D eigenvalue weighted by atomic mass is 9.85. The molecule has 0 saturated heterocycles. The normalized spacial score (nSPS) is 17.2. The molecule has 6 heteroatoms. The summed E-state index contributed by atoms with van der Waals surface area (Å²) in [5.41, 5.74) is 2.44. The third-order valence-electron chi connectivity index (χ3n) is 5.41. The number of carbonyl (C=O) groups excluding carboxylic acids is 2. The van der Waals surface area contributed by atoms with Crippen molar-refractivity contribution in [3.05, 3.63) is 46.7 Å². The third kappa shape index (κ3) is 3.24. The van der Waals surface area contributed by atoms with E-state index in [1.54, 1.807) is 12.1 Å². The molecule has 1 aliphatic heterocycles. The average Bonchev–Trinajstić information content (AvgIpc) is 3.03. The monoisotopic (exact) mass is 389 g/mol. The predicted molar refractivity (Wildman–Crippen MR) is 104 cm³/mol. The van der Waals surface area contributed by atoms with Crippen LogP contribution in [0.5, 0.6) is 0 Å². The quantitative estimate of drug-likeness (QED) is 0.810. The molecule has 0 spiro atoms. The fraction of sp³-hybridized carbons (Fsp3) is 0.429. The molecule has 0 bridgehead atoms. The number of aliphatic hydroxyl groups excluding tert-OH is 1. The van der Waals surface area contributed by atoms with Gasteiger partial charge in [0.15, 0.2) is 0 Å². The Labute approximate surface area is 164 Å². The van der Waals surface area contributed by atoms with Gasteiger partial charge in [0.25, 0.3) is 0 Å². The molecule has 2 aliphatic rings. The summed E-state index contributed by atoms with van der Waals surface area (Å²) in [4.78, 5) is 27.4. The fourth-order valence-corrected chi connectivity index (χ4v) is 4.16. The zero-order chi connectivity index (χ0) is 18.4. The zero-order valence-corrected chi connectivity index (χ0v) is 16.3. The third-order valence-corrected chi connectivity index (χ3v) is 5.41. The fourth-order valence-electron chi connectivity index (χ4n) is 4.16. The van der Waals surface area contributed by atoms with E-state index in [9.17, 15) is 14.7 Å². The standard InChI is InChI=1S/C21H23NO4.ClH/c1-12(2)9-13(11-23)22-8-7-16-17(10-22)26-21-15-6-4-3-5-14(15)19(24)20(25)18(16)21;/h3-6,12-13,23H,7-11H2,1-2H3;1H/t13-;/m0./s1. The van der Waals surface area contributed by atoms with Gasteiger partial charge in [-0.3, -0.25) is 14.5 Å². The molecule has 27 heavy (non-hydrogen) atoms. The zero-order valence-electron chi connectivity index (χ0n) is 15.5. The maximum Gasteiger partial charge on any atom is 0.237 e. The van der Waals surface area contributed by atoms with Gasteiger partial charge in [-0.05, 0) is 18.8 Å². The van der Waals surface area contributed by atoms with Gasteiger partial charge in [-0.25, -0.2) is 0 Å². The predicted octanol–water partition coefficient (Wildman–Crippen LogP) is 3.51. The van der Waals surface area contributed by atoms with E-state index in [0.717, 1.165) is 24.3 Å². The second kappa shape index (κ2) is 7.58. The Morgan fingerprint density at radius 2 is 1.85 bits per heavy atom. The Morgan fingerprint density at radius 3 is 2.52 bits per heavy atom. The maximum atomic E-state index is 12.7. The number of ketones is 2. The van der Waals surface area contributed by atoms with Crippen molar-refractivity contribution in [2.75, 3.05) is 13.2 Å². The van der Waals surface area contributed by atoms with Crippen LogP contribution in [0.1, 0.15) is 52.3 Å². The minimum Gasteiger partial charge on any atom is -0.459 e. The Kier molecular flexibility index (Phi) is 5.56. The van der Waals surface area contributed by atoms with Crippen LogP contribution in [0.15, 0.2) is 28.7 Å². The number of nitrogens with zero attached hydrogens (tertiary/aromatic N) is 1. The van der Waals surface area contributed by atoms with Crippen LogP contribution in [0.3, 0.4) is 0 Å². The highest BCUT2D eigenvalue weighted by Gasteiger charge is 2.39. The smallest absolute Gasteiger partial charge is 0.237 e. The molecule has 0 radical (unpaired) electrons. The average molecular weight is 390 g/mol. The van der Waals surface area contributed by atoms with Crippen LogP contribution < -0.4 is 0 Å². The van der Waals surface area contributed by atoms with Crippen molar-refractivity contribution >= 4 is 24.0 Å². The van der Waals surface area contributed by atoms with E-state index >= 15 is 0 Å². The van der Waals surface area contributed by atoms with Gasteiger partial charge in [-0.1, -0.05) is 38.1 Å². The highest BCUT2D eigenvalue weighted by Crippen LogP contribution is 2.40. The number of halogens is 1. The van der Waals surface area contributed by atoms with Crippen LogP contribution in [0.2, 0.25) is 0 Å². The van der Waals surface area contributed by atoms with E-state index in [2.05, 4.69) is 18.7 Å². The van der Waals surface area contributed by atoms with Gasteiger partial charge in [0.05, 0.1) is 18.7 Å². The van der Waals surface area contributed by atoms with E-state index in [4.69, 9.17) is 4.42 Å². The Morgan fingerprint density at radius 1 is 1.15 bits per heavy atom. The molecule has 0 unspecified atom stereocenters. The first-order valence-corrected chi connectivity index (χ1v) is 9.19. The lowest BCUT2D eigenvalue weighted by Gasteiger charge is -2.33. The molecule has 5 nitrogen and oxygen atoms in total. The van der Waals surface area contributed by atoms with E-state index in [1.165, 1.54) is 0 Å². The molecule has 0 fully saturated rings. The molecule has 0 saturated carbocycles. The van der Waals surface area contributed by atoms with Gasteiger partial charge < -0.3 is 9.52 Å². The minimum absolute atomic E-state index is 0. The highest BCUT2D eigenvalue weighted by atomic mass is 35.5. The molecule has 144 valence electrons. The van der Waals surface area contributed by atoms with E-state index < -0.39 is 11.6 Å². The topological polar surface area (TPSA) is 70.8 Å². The first-order valence-electron chi connectivity index (χ1n) is 9.19. The number of aliphatic hydroxyl groups is 1. The van der Waals surface area contributed by atoms with Crippen LogP contribution >= 0.6 is 12.4 Å². The van der Waals surface area contributed by atoms with Crippen molar-refractivity contribution < 1.29 is 19.1 Å². The van der Waals surface area contributed by atoms with Crippen LogP contribution in [0.4, 0.5) is 0 Å². The van der Waals surface area contributed by atoms with E-state index in [-0.39, 0.29) is 25.1 Å². The summed E-state index contributed by atoms with van der Waals surface area (Å²) in [6.45, 7) is 5.70. The Bertz CT molecular complexity index is 886. The first-order chi connectivity index (χ1) is 12.5. The molecule has 1 atom stereocenters. The summed E-state index contributed by atoms with van der Waals surface area (Å²) in [6, 6.07) is 7.20. The number of furan rings is 1. The van der Waals surface area contributed by atoms with Crippen LogP contribution in [0.25, 0.3) is 11.3 Å². The highest BCUT2D eigenvalue weighted by molar-refractivity contribution is 6.53. The summed E-state index contributed by atoms with van der Waals surface area (Å²) in [6.07, 6.45) is 1.57. The van der Waals surface area contributed by atoms with Gasteiger partial charge in [0.2, 0.25) is 11.6 Å². The van der Waals surface area contributed by atoms with Gasteiger partial charge in [0.1, 0.15) is 11.5 Å². The molecular formula is C21H24ClNO4. The molecule has 1 aliphatic carbocycles. The van der Waals surface area contributed by atoms with Crippen LogP contribution in [-0.2, 0) is 13.0 Å². The van der Waals surface area contributed by atoms with E-state index in [0.29, 0.717) is 41.3 Å². The number of hydrogen-bond acceptors (Lipinski definition) is 5. The summed E-state index contributed by atoms with van der Waals surface area (Å²) in [5, 5.41) is 9.77. The minimum atomic E-state index is -0.460. The van der Waals surface area contributed by atoms with Gasteiger partial charge in [-0.2, -0.15) is 0 Å².